The number of aromatic nitrogens is 3. The third kappa shape index (κ3) is 3.81. The van der Waals surface area contributed by atoms with Crippen LogP contribution in [0.3, 0.4) is 0 Å². The number of amides is 1. The quantitative estimate of drug-likeness (QED) is 0.548. The van der Waals surface area contributed by atoms with Gasteiger partial charge in [0.15, 0.2) is 11.5 Å². The summed E-state index contributed by atoms with van der Waals surface area (Å²) in [6.07, 6.45) is 1.65. The number of nitrogens with zero attached hydrogens (tertiary/aromatic N) is 3. The van der Waals surface area contributed by atoms with Gasteiger partial charge in [0, 0.05) is 11.3 Å². The SMILES string of the molecule is Cc1ccc(C(=O)Nc2cc3ncc(Nc4ccccc4)nc3nc2C)cc1. The molecule has 0 aliphatic carbocycles. The molecular formula is C22H19N5O. The van der Waals surface area contributed by atoms with Crippen LogP contribution in [0.4, 0.5) is 17.2 Å². The van der Waals surface area contributed by atoms with Crippen LogP contribution in [0.1, 0.15) is 21.6 Å². The first-order valence-electron chi connectivity index (χ1n) is 8.93. The highest BCUT2D eigenvalue weighted by Gasteiger charge is 2.11. The van der Waals surface area contributed by atoms with Gasteiger partial charge in [-0.15, -0.1) is 0 Å². The number of anilines is 3. The summed E-state index contributed by atoms with van der Waals surface area (Å²) < 4.78 is 0. The van der Waals surface area contributed by atoms with E-state index in [4.69, 9.17) is 0 Å². The summed E-state index contributed by atoms with van der Waals surface area (Å²) in [6, 6.07) is 19.0. The summed E-state index contributed by atoms with van der Waals surface area (Å²) in [7, 11) is 0. The molecule has 0 radical (unpaired) electrons. The van der Waals surface area contributed by atoms with Crippen LogP contribution in [0, 0.1) is 13.8 Å². The molecule has 0 saturated carbocycles. The van der Waals surface area contributed by atoms with Crippen molar-refractivity contribution in [1.29, 1.82) is 0 Å². The van der Waals surface area contributed by atoms with Crippen LogP contribution in [-0.4, -0.2) is 20.9 Å². The van der Waals surface area contributed by atoms with E-state index in [0.717, 1.165) is 11.3 Å². The molecule has 4 rings (SSSR count). The summed E-state index contributed by atoms with van der Waals surface area (Å²) in [5, 5.41) is 6.11. The fourth-order valence-corrected chi connectivity index (χ4v) is 2.79. The number of hydrogen-bond donors (Lipinski definition) is 2. The molecule has 0 aliphatic rings. The molecule has 2 aromatic heterocycles. The number of carbonyl (C=O) groups is 1. The van der Waals surface area contributed by atoms with Gasteiger partial charge in [-0.05, 0) is 44.2 Å². The van der Waals surface area contributed by atoms with Crippen molar-refractivity contribution in [2.75, 3.05) is 10.6 Å². The second kappa shape index (κ2) is 7.44. The first kappa shape index (κ1) is 17.6. The van der Waals surface area contributed by atoms with Crippen LogP contribution in [0.2, 0.25) is 0 Å². The van der Waals surface area contributed by atoms with E-state index in [1.165, 1.54) is 0 Å². The Bertz CT molecular complexity index is 1140. The molecule has 0 fully saturated rings. The number of rotatable bonds is 4. The van der Waals surface area contributed by atoms with Gasteiger partial charge >= 0.3 is 0 Å². The monoisotopic (exact) mass is 369 g/mol. The standard InChI is InChI=1S/C22H19N5O/c1-14-8-10-16(11-9-14)22(28)26-18-12-19-21(24-15(18)2)27-20(13-23-19)25-17-6-4-3-5-7-17/h3-13H,1-2H3,(H,26,28)(H,24,25,27). The minimum Gasteiger partial charge on any atom is -0.339 e. The summed E-state index contributed by atoms with van der Waals surface area (Å²) in [5.74, 6) is 0.432. The Balaban J connectivity index is 1.59. The Kier molecular flexibility index (Phi) is 4.68. The number of hydrogen-bond acceptors (Lipinski definition) is 5. The molecule has 2 heterocycles. The van der Waals surface area contributed by atoms with Gasteiger partial charge in [-0.2, -0.15) is 0 Å². The zero-order valence-corrected chi connectivity index (χ0v) is 15.6. The van der Waals surface area contributed by atoms with Gasteiger partial charge in [0.05, 0.1) is 17.6 Å². The van der Waals surface area contributed by atoms with Crippen molar-refractivity contribution in [2.45, 2.75) is 13.8 Å². The molecule has 138 valence electrons. The minimum atomic E-state index is -0.181. The van der Waals surface area contributed by atoms with Gasteiger partial charge in [0.1, 0.15) is 5.52 Å². The molecular weight excluding hydrogens is 350 g/mol. The first-order chi connectivity index (χ1) is 13.6. The molecule has 0 bridgehead atoms. The molecule has 0 atom stereocenters. The van der Waals surface area contributed by atoms with Crippen LogP contribution in [0.5, 0.6) is 0 Å². The molecule has 0 saturated heterocycles. The van der Waals surface area contributed by atoms with Gasteiger partial charge in [0.25, 0.3) is 5.91 Å². The lowest BCUT2D eigenvalue weighted by Crippen LogP contribution is -2.13. The highest BCUT2D eigenvalue weighted by Crippen LogP contribution is 2.21. The van der Waals surface area contributed by atoms with Crippen LogP contribution in [0.15, 0.2) is 66.9 Å². The van der Waals surface area contributed by atoms with Crippen molar-refractivity contribution in [1.82, 2.24) is 15.0 Å². The average molecular weight is 369 g/mol. The highest BCUT2D eigenvalue weighted by molar-refractivity contribution is 6.05. The Morgan fingerprint density at radius 1 is 0.929 bits per heavy atom. The van der Waals surface area contributed by atoms with E-state index in [1.807, 2.05) is 56.3 Å². The lowest BCUT2D eigenvalue weighted by atomic mass is 10.1. The van der Waals surface area contributed by atoms with E-state index >= 15 is 0 Å². The number of pyridine rings is 1. The molecule has 0 aliphatic heterocycles. The molecule has 0 unspecified atom stereocenters. The summed E-state index contributed by atoms with van der Waals surface area (Å²) in [5.41, 5.74) is 5.06. The van der Waals surface area contributed by atoms with Crippen molar-refractivity contribution >= 4 is 34.3 Å². The van der Waals surface area contributed by atoms with Crippen molar-refractivity contribution in [3.8, 4) is 0 Å². The van der Waals surface area contributed by atoms with Crippen molar-refractivity contribution in [3.05, 3.63) is 83.7 Å². The average Bonchev–Trinajstić information content (AvgIpc) is 2.70. The number of nitrogens with one attached hydrogen (secondary N) is 2. The van der Waals surface area contributed by atoms with Gasteiger partial charge < -0.3 is 10.6 Å². The second-order valence-corrected chi connectivity index (χ2v) is 6.53. The van der Waals surface area contributed by atoms with E-state index in [0.29, 0.717) is 33.9 Å². The number of fused-ring (bicyclic) bond motifs is 1. The molecule has 6 nitrogen and oxygen atoms in total. The number of carbonyl (C=O) groups excluding carboxylic acids is 1. The summed E-state index contributed by atoms with van der Waals surface area (Å²) in [6.45, 7) is 3.82. The Hall–Kier alpha value is -3.80. The second-order valence-electron chi connectivity index (χ2n) is 6.53. The Labute approximate surface area is 162 Å². The Morgan fingerprint density at radius 2 is 1.68 bits per heavy atom. The zero-order valence-electron chi connectivity index (χ0n) is 15.6. The normalized spacial score (nSPS) is 10.6. The number of benzene rings is 2. The maximum atomic E-state index is 12.5. The van der Waals surface area contributed by atoms with E-state index in [-0.39, 0.29) is 5.91 Å². The largest absolute Gasteiger partial charge is 0.339 e. The van der Waals surface area contributed by atoms with Crippen LogP contribution >= 0.6 is 0 Å². The lowest BCUT2D eigenvalue weighted by Gasteiger charge is -2.10. The molecule has 6 heteroatoms. The van der Waals surface area contributed by atoms with Gasteiger partial charge in [0.2, 0.25) is 0 Å². The van der Waals surface area contributed by atoms with E-state index in [9.17, 15) is 4.79 Å². The summed E-state index contributed by atoms with van der Waals surface area (Å²) in [4.78, 5) is 26.0. The number of aryl methyl sites for hydroxylation is 2. The molecule has 2 N–H and O–H groups in total. The van der Waals surface area contributed by atoms with Crippen LogP contribution in [0.25, 0.3) is 11.2 Å². The predicted molar refractivity (Wildman–Crippen MR) is 111 cm³/mol. The lowest BCUT2D eigenvalue weighted by molar-refractivity contribution is 0.102. The highest BCUT2D eigenvalue weighted by atomic mass is 16.1. The van der Waals surface area contributed by atoms with Crippen molar-refractivity contribution in [3.63, 3.8) is 0 Å². The van der Waals surface area contributed by atoms with Gasteiger partial charge in [-0.1, -0.05) is 35.9 Å². The zero-order chi connectivity index (χ0) is 19.5. The molecule has 0 spiro atoms. The number of para-hydroxylation sites is 1. The predicted octanol–water partition coefficient (Wildman–Crippen LogP) is 4.64. The molecule has 1 amide bonds. The minimum absolute atomic E-state index is 0.181. The van der Waals surface area contributed by atoms with Crippen molar-refractivity contribution < 1.29 is 4.79 Å². The molecule has 2 aromatic carbocycles. The van der Waals surface area contributed by atoms with Crippen LogP contribution < -0.4 is 10.6 Å². The van der Waals surface area contributed by atoms with Crippen molar-refractivity contribution in [2.24, 2.45) is 0 Å². The van der Waals surface area contributed by atoms with Gasteiger partial charge in [-0.3, -0.25) is 4.79 Å². The fourth-order valence-electron chi connectivity index (χ4n) is 2.79. The van der Waals surface area contributed by atoms with E-state index in [1.54, 1.807) is 24.4 Å². The topological polar surface area (TPSA) is 79.8 Å². The third-order valence-electron chi connectivity index (χ3n) is 4.33. The molecule has 4 aromatic rings. The maximum absolute atomic E-state index is 12.5. The summed E-state index contributed by atoms with van der Waals surface area (Å²) >= 11 is 0. The third-order valence-corrected chi connectivity index (χ3v) is 4.33. The van der Waals surface area contributed by atoms with E-state index in [2.05, 4.69) is 25.6 Å². The van der Waals surface area contributed by atoms with E-state index < -0.39 is 0 Å². The smallest absolute Gasteiger partial charge is 0.255 e. The fraction of sp³-hybridized carbons (Fsp3) is 0.0909. The van der Waals surface area contributed by atoms with Gasteiger partial charge in [-0.25, -0.2) is 15.0 Å². The molecule has 28 heavy (non-hydrogen) atoms. The van der Waals surface area contributed by atoms with Crippen LogP contribution in [-0.2, 0) is 0 Å². The Morgan fingerprint density at radius 3 is 2.43 bits per heavy atom. The maximum Gasteiger partial charge on any atom is 0.255 e. The first-order valence-corrected chi connectivity index (χ1v) is 8.93.